The summed E-state index contributed by atoms with van der Waals surface area (Å²) in [6.07, 6.45) is 0. The SMILES string of the molecule is COc1ccc(C(Br)c2c(F)ccc(C)c2F)cc1C. The number of hydrogen-bond acceptors (Lipinski definition) is 1. The van der Waals surface area contributed by atoms with Gasteiger partial charge in [-0.1, -0.05) is 34.1 Å². The second-order valence-electron chi connectivity index (χ2n) is 4.68. The molecule has 0 aliphatic heterocycles. The van der Waals surface area contributed by atoms with Gasteiger partial charge in [-0.2, -0.15) is 0 Å². The number of alkyl halides is 1. The van der Waals surface area contributed by atoms with E-state index < -0.39 is 16.5 Å². The molecule has 1 atom stereocenters. The molecule has 1 nitrogen and oxygen atoms in total. The van der Waals surface area contributed by atoms with Crippen LogP contribution in [0.5, 0.6) is 5.75 Å². The van der Waals surface area contributed by atoms with Gasteiger partial charge in [-0.3, -0.25) is 0 Å². The summed E-state index contributed by atoms with van der Waals surface area (Å²) in [6.45, 7) is 3.52. The molecule has 0 N–H and O–H groups in total. The lowest BCUT2D eigenvalue weighted by molar-refractivity contribution is 0.411. The Hall–Kier alpha value is -1.42. The van der Waals surface area contributed by atoms with Crippen LogP contribution < -0.4 is 4.74 Å². The molecule has 1 unspecified atom stereocenters. The molecule has 2 aromatic rings. The highest BCUT2D eigenvalue weighted by Gasteiger charge is 2.21. The van der Waals surface area contributed by atoms with E-state index in [1.54, 1.807) is 26.2 Å². The van der Waals surface area contributed by atoms with Crippen LogP contribution in [-0.4, -0.2) is 7.11 Å². The van der Waals surface area contributed by atoms with E-state index in [0.717, 1.165) is 16.9 Å². The first-order valence-electron chi connectivity index (χ1n) is 6.18. The molecule has 0 fully saturated rings. The van der Waals surface area contributed by atoms with Gasteiger partial charge in [0.2, 0.25) is 0 Å². The lowest BCUT2D eigenvalue weighted by Crippen LogP contribution is -2.03. The van der Waals surface area contributed by atoms with Crippen molar-refractivity contribution < 1.29 is 13.5 Å². The van der Waals surface area contributed by atoms with Gasteiger partial charge in [-0.15, -0.1) is 0 Å². The normalized spacial score (nSPS) is 12.3. The van der Waals surface area contributed by atoms with Crippen LogP contribution in [0.1, 0.15) is 27.1 Å². The van der Waals surface area contributed by atoms with Crippen molar-refractivity contribution in [1.82, 2.24) is 0 Å². The van der Waals surface area contributed by atoms with E-state index >= 15 is 0 Å². The summed E-state index contributed by atoms with van der Waals surface area (Å²) in [5.41, 5.74) is 2.17. The molecular weight excluding hydrogens is 326 g/mol. The van der Waals surface area contributed by atoms with Crippen LogP contribution in [0.2, 0.25) is 0 Å². The van der Waals surface area contributed by atoms with Gasteiger partial charge in [0.25, 0.3) is 0 Å². The minimum Gasteiger partial charge on any atom is -0.496 e. The van der Waals surface area contributed by atoms with Crippen molar-refractivity contribution in [3.05, 3.63) is 64.2 Å². The Bertz CT molecular complexity index is 641. The Labute approximate surface area is 125 Å². The molecule has 0 spiro atoms. The number of benzene rings is 2. The summed E-state index contributed by atoms with van der Waals surface area (Å²) in [5, 5.41) is 0. The van der Waals surface area contributed by atoms with Gasteiger partial charge in [0, 0.05) is 5.56 Å². The monoisotopic (exact) mass is 340 g/mol. The highest BCUT2D eigenvalue weighted by atomic mass is 79.9. The molecule has 4 heteroatoms. The van der Waals surface area contributed by atoms with Crippen LogP contribution in [0.25, 0.3) is 0 Å². The van der Waals surface area contributed by atoms with E-state index in [9.17, 15) is 8.78 Å². The van der Waals surface area contributed by atoms with E-state index in [1.807, 2.05) is 13.0 Å². The summed E-state index contributed by atoms with van der Waals surface area (Å²) in [6, 6.07) is 8.18. The predicted octanol–water partition coefficient (Wildman–Crippen LogP) is 5.07. The fourth-order valence-electron chi connectivity index (χ4n) is 2.14. The van der Waals surface area contributed by atoms with Crippen molar-refractivity contribution in [2.24, 2.45) is 0 Å². The standard InChI is InChI=1S/C16H15BrF2O/c1-9-4-6-12(18)14(16(9)19)15(17)11-5-7-13(20-3)10(2)8-11/h4-8,15H,1-3H3. The van der Waals surface area contributed by atoms with E-state index in [4.69, 9.17) is 4.74 Å². The van der Waals surface area contributed by atoms with Gasteiger partial charge >= 0.3 is 0 Å². The summed E-state index contributed by atoms with van der Waals surface area (Å²) < 4.78 is 33.3. The smallest absolute Gasteiger partial charge is 0.133 e. The molecule has 0 aromatic heterocycles. The molecule has 20 heavy (non-hydrogen) atoms. The second kappa shape index (κ2) is 5.92. The maximum Gasteiger partial charge on any atom is 0.133 e. The molecule has 2 aromatic carbocycles. The molecule has 0 radical (unpaired) electrons. The van der Waals surface area contributed by atoms with Crippen LogP contribution in [0.3, 0.4) is 0 Å². The zero-order valence-corrected chi connectivity index (χ0v) is 13.1. The molecule has 0 heterocycles. The number of hydrogen-bond donors (Lipinski definition) is 0. The Morgan fingerprint density at radius 2 is 1.75 bits per heavy atom. The van der Waals surface area contributed by atoms with Gasteiger partial charge < -0.3 is 4.74 Å². The van der Waals surface area contributed by atoms with Crippen LogP contribution in [0, 0.1) is 25.5 Å². The van der Waals surface area contributed by atoms with Crippen LogP contribution >= 0.6 is 15.9 Å². The van der Waals surface area contributed by atoms with Crippen molar-refractivity contribution in [2.75, 3.05) is 7.11 Å². The maximum absolute atomic E-state index is 14.1. The summed E-state index contributed by atoms with van der Waals surface area (Å²) in [7, 11) is 1.59. The van der Waals surface area contributed by atoms with Crippen LogP contribution in [-0.2, 0) is 0 Å². The number of methoxy groups -OCH3 is 1. The van der Waals surface area contributed by atoms with E-state index in [0.29, 0.717) is 5.56 Å². The van der Waals surface area contributed by atoms with Crippen molar-refractivity contribution in [3.8, 4) is 5.75 Å². The highest BCUT2D eigenvalue weighted by molar-refractivity contribution is 9.09. The lowest BCUT2D eigenvalue weighted by atomic mass is 10.00. The van der Waals surface area contributed by atoms with Gasteiger partial charge in [0.15, 0.2) is 0 Å². The summed E-state index contributed by atoms with van der Waals surface area (Å²) in [4.78, 5) is -0.535. The van der Waals surface area contributed by atoms with Crippen molar-refractivity contribution in [2.45, 2.75) is 18.7 Å². The Balaban J connectivity index is 2.49. The minimum absolute atomic E-state index is 0.0366. The van der Waals surface area contributed by atoms with Crippen molar-refractivity contribution in [3.63, 3.8) is 0 Å². The molecule has 0 saturated heterocycles. The Kier molecular flexibility index (Phi) is 4.43. The molecule has 2 rings (SSSR count). The van der Waals surface area contributed by atoms with Gasteiger partial charge in [0.1, 0.15) is 17.4 Å². The number of aryl methyl sites for hydroxylation is 2. The molecule has 0 aliphatic carbocycles. The average molecular weight is 341 g/mol. The third-order valence-electron chi connectivity index (χ3n) is 3.28. The number of rotatable bonds is 3. The molecular formula is C16H15BrF2O. The van der Waals surface area contributed by atoms with Gasteiger partial charge in [-0.25, -0.2) is 8.78 Å². The fourth-order valence-corrected chi connectivity index (χ4v) is 2.84. The topological polar surface area (TPSA) is 9.23 Å². The predicted molar refractivity (Wildman–Crippen MR) is 79.6 cm³/mol. The van der Waals surface area contributed by atoms with E-state index in [-0.39, 0.29) is 5.56 Å². The van der Waals surface area contributed by atoms with E-state index in [2.05, 4.69) is 15.9 Å². The molecule has 0 amide bonds. The third-order valence-corrected chi connectivity index (χ3v) is 4.27. The van der Waals surface area contributed by atoms with Gasteiger partial charge in [-0.05, 0) is 42.7 Å². The summed E-state index contributed by atoms with van der Waals surface area (Å²) >= 11 is 3.39. The van der Waals surface area contributed by atoms with Crippen molar-refractivity contribution >= 4 is 15.9 Å². The fraction of sp³-hybridized carbons (Fsp3) is 0.250. The molecule has 0 bridgehead atoms. The first kappa shape index (κ1) is 15.0. The average Bonchev–Trinajstić information content (AvgIpc) is 2.43. The molecule has 0 aliphatic rings. The van der Waals surface area contributed by atoms with E-state index in [1.165, 1.54) is 12.1 Å². The Morgan fingerprint density at radius 1 is 1.05 bits per heavy atom. The first-order chi connectivity index (χ1) is 9.45. The Morgan fingerprint density at radius 3 is 2.35 bits per heavy atom. The molecule has 106 valence electrons. The van der Waals surface area contributed by atoms with Crippen LogP contribution in [0.4, 0.5) is 8.78 Å². The summed E-state index contributed by atoms with van der Waals surface area (Å²) in [5.74, 6) is -0.317. The lowest BCUT2D eigenvalue weighted by Gasteiger charge is -2.15. The second-order valence-corrected chi connectivity index (χ2v) is 5.60. The number of ether oxygens (including phenoxy) is 1. The first-order valence-corrected chi connectivity index (χ1v) is 7.10. The van der Waals surface area contributed by atoms with Crippen molar-refractivity contribution in [1.29, 1.82) is 0 Å². The zero-order valence-electron chi connectivity index (χ0n) is 11.5. The number of halogens is 3. The quantitative estimate of drug-likeness (QED) is 0.708. The zero-order chi connectivity index (χ0) is 14.9. The van der Waals surface area contributed by atoms with Gasteiger partial charge in [0.05, 0.1) is 11.9 Å². The minimum atomic E-state index is -0.552. The molecule has 0 saturated carbocycles. The van der Waals surface area contributed by atoms with Crippen LogP contribution in [0.15, 0.2) is 30.3 Å². The largest absolute Gasteiger partial charge is 0.496 e. The third kappa shape index (κ3) is 2.70. The highest BCUT2D eigenvalue weighted by Crippen LogP contribution is 2.36. The maximum atomic E-state index is 14.1.